The van der Waals surface area contributed by atoms with Crippen LogP contribution in [0.5, 0.6) is 0 Å². The van der Waals surface area contributed by atoms with E-state index in [4.69, 9.17) is 26.8 Å². The second kappa shape index (κ2) is 9.21. The quantitative estimate of drug-likeness (QED) is 0.269. The number of hydrogen-bond donors (Lipinski definition) is 4. The molecule has 150 valence electrons. The third-order valence-corrected chi connectivity index (χ3v) is 3.19. The van der Waals surface area contributed by atoms with Gasteiger partial charge in [0.15, 0.2) is 5.96 Å². The molecule has 0 aliphatic rings. The first-order valence-corrected chi connectivity index (χ1v) is 7.43. The van der Waals surface area contributed by atoms with Gasteiger partial charge in [-0.2, -0.15) is 13.2 Å². The van der Waals surface area contributed by atoms with Crippen LogP contribution in [0.1, 0.15) is 21.5 Å². The van der Waals surface area contributed by atoms with Gasteiger partial charge in [-0.1, -0.05) is 18.2 Å². The number of nitrogens with zero attached hydrogens (tertiary/aromatic N) is 2. The minimum atomic E-state index is -4.62. The predicted octanol–water partition coefficient (Wildman–Crippen LogP) is 2.82. The fraction of sp³-hybridized carbons (Fsp3) is 0.125. The highest BCUT2D eigenvalue weighted by atomic mass is 19.4. The van der Waals surface area contributed by atoms with Gasteiger partial charge in [-0.05, 0) is 36.8 Å². The number of halogens is 3. The first-order chi connectivity index (χ1) is 12.9. The Morgan fingerprint density at radius 1 is 1.21 bits per heavy atom. The molecule has 12 heteroatoms. The van der Waals surface area contributed by atoms with E-state index in [0.29, 0.717) is 5.69 Å². The Morgan fingerprint density at radius 3 is 2.32 bits per heavy atom. The summed E-state index contributed by atoms with van der Waals surface area (Å²) in [4.78, 5) is 24.5. The first-order valence-electron chi connectivity index (χ1n) is 7.43. The van der Waals surface area contributed by atoms with E-state index in [1.165, 1.54) is 18.2 Å². The number of carbonyl (C=O) groups is 1. The number of nitrogens with one attached hydrogen (secondary N) is 1. The Balaban J connectivity index is 0.000000892. The maximum Gasteiger partial charge on any atom is 0.417 e. The van der Waals surface area contributed by atoms with Crippen LogP contribution in [0, 0.1) is 17.0 Å². The topological polar surface area (TPSA) is 157 Å². The first kappa shape index (κ1) is 22.2. The van der Waals surface area contributed by atoms with E-state index in [9.17, 15) is 18.0 Å². The SMILES string of the molecule is Cc1ccc(NC(=O)c2ccccc2C(F)(F)F)cc1N=C(N)N.O=[N+]([O-])O. The van der Waals surface area contributed by atoms with Crippen molar-refractivity contribution < 1.29 is 28.3 Å². The number of nitrogens with two attached hydrogens (primary N) is 2. The summed E-state index contributed by atoms with van der Waals surface area (Å²) in [6, 6.07) is 9.23. The Kier molecular flexibility index (Phi) is 7.30. The summed E-state index contributed by atoms with van der Waals surface area (Å²) in [5, 5.41) is 16.1. The van der Waals surface area contributed by atoms with Crippen LogP contribution in [0.25, 0.3) is 0 Å². The number of alkyl halides is 3. The number of carbonyl (C=O) groups excluding carboxylic acids is 1. The van der Waals surface area contributed by atoms with E-state index < -0.39 is 28.3 Å². The molecule has 0 saturated carbocycles. The highest BCUT2D eigenvalue weighted by Gasteiger charge is 2.34. The lowest BCUT2D eigenvalue weighted by Gasteiger charge is -2.13. The van der Waals surface area contributed by atoms with Gasteiger partial charge in [-0.25, -0.2) is 4.99 Å². The second-order valence-electron chi connectivity index (χ2n) is 5.27. The number of guanidine groups is 1. The molecule has 0 radical (unpaired) electrons. The average molecular weight is 399 g/mol. The van der Waals surface area contributed by atoms with Gasteiger partial charge in [0.25, 0.3) is 11.0 Å². The molecule has 0 aromatic heterocycles. The van der Waals surface area contributed by atoms with Crippen LogP contribution in [-0.2, 0) is 6.18 Å². The largest absolute Gasteiger partial charge is 0.417 e. The Morgan fingerprint density at radius 2 is 1.79 bits per heavy atom. The minimum absolute atomic E-state index is 0.163. The summed E-state index contributed by atoms with van der Waals surface area (Å²) in [5.74, 6) is -1.04. The summed E-state index contributed by atoms with van der Waals surface area (Å²) in [6.07, 6.45) is -4.62. The molecule has 2 rings (SSSR count). The van der Waals surface area contributed by atoms with Crippen molar-refractivity contribution in [1.82, 2.24) is 0 Å². The normalized spacial score (nSPS) is 10.3. The van der Waals surface area contributed by atoms with Crippen LogP contribution >= 0.6 is 0 Å². The second-order valence-corrected chi connectivity index (χ2v) is 5.27. The van der Waals surface area contributed by atoms with E-state index in [0.717, 1.165) is 17.7 Å². The molecule has 0 aliphatic carbocycles. The molecule has 0 unspecified atom stereocenters. The third kappa shape index (κ3) is 6.82. The summed E-state index contributed by atoms with van der Waals surface area (Å²) >= 11 is 0. The lowest BCUT2D eigenvalue weighted by molar-refractivity contribution is -0.742. The van der Waals surface area contributed by atoms with Crippen LogP contribution in [0.3, 0.4) is 0 Å². The summed E-state index contributed by atoms with van der Waals surface area (Å²) < 4.78 is 38.9. The van der Waals surface area contributed by atoms with Crippen molar-refractivity contribution in [2.24, 2.45) is 16.5 Å². The highest BCUT2D eigenvalue weighted by molar-refractivity contribution is 6.05. The highest BCUT2D eigenvalue weighted by Crippen LogP contribution is 2.32. The van der Waals surface area contributed by atoms with Crippen molar-refractivity contribution in [2.45, 2.75) is 13.1 Å². The van der Waals surface area contributed by atoms with Crippen LogP contribution in [-0.4, -0.2) is 22.2 Å². The zero-order valence-electron chi connectivity index (χ0n) is 14.4. The number of aryl methyl sites for hydroxylation is 1. The van der Waals surface area contributed by atoms with Gasteiger partial charge in [0.2, 0.25) is 0 Å². The molecular weight excluding hydrogens is 383 g/mol. The summed E-state index contributed by atoms with van der Waals surface area (Å²) in [7, 11) is 0. The monoisotopic (exact) mass is 399 g/mol. The van der Waals surface area contributed by atoms with Gasteiger partial charge in [0, 0.05) is 5.69 Å². The number of hydrogen-bond acceptors (Lipinski definition) is 4. The van der Waals surface area contributed by atoms with Crippen molar-refractivity contribution in [3.8, 4) is 0 Å². The van der Waals surface area contributed by atoms with Gasteiger partial charge >= 0.3 is 6.18 Å². The predicted molar refractivity (Wildman–Crippen MR) is 94.8 cm³/mol. The van der Waals surface area contributed by atoms with Gasteiger partial charge in [0.1, 0.15) is 0 Å². The Bertz CT molecular complexity index is 892. The number of benzene rings is 2. The minimum Gasteiger partial charge on any atom is -0.370 e. The number of aliphatic imine (C=N–C) groups is 1. The van der Waals surface area contributed by atoms with E-state index in [-0.39, 0.29) is 11.6 Å². The molecule has 0 fully saturated rings. The molecule has 28 heavy (non-hydrogen) atoms. The lowest BCUT2D eigenvalue weighted by atomic mass is 10.1. The number of amides is 1. The van der Waals surface area contributed by atoms with Crippen molar-refractivity contribution in [3.63, 3.8) is 0 Å². The number of rotatable bonds is 3. The van der Waals surface area contributed by atoms with Gasteiger partial charge in [0.05, 0.1) is 16.8 Å². The van der Waals surface area contributed by atoms with Crippen molar-refractivity contribution in [3.05, 3.63) is 69.3 Å². The van der Waals surface area contributed by atoms with Crippen LogP contribution in [0.15, 0.2) is 47.5 Å². The molecule has 2 aromatic carbocycles. The van der Waals surface area contributed by atoms with E-state index >= 15 is 0 Å². The summed E-state index contributed by atoms with van der Waals surface area (Å²) in [6.45, 7) is 1.76. The maximum atomic E-state index is 13.0. The summed E-state index contributed by atoms with van der Waals surface area (Å²) in [5.41, 5.74) is 10.6. The molecule has 2 aromatic rings. The molecule has 0 bridgehead atoms. The number of anilines is 1. The average Bonchev–Trinajstić information content (AvgIpc) is 2.56. The van der Waals surface area contributed by atoms with Crippen LogP contribution < -0.4 is 16.8 Å². The Labute approximate surface area is 156 Å². The fourth-order valence-electron chi connectivity index (χ4n) is 2.07. The van der Waals surface area contributed by atoms with E-state index in [1.807, 2.05) is 0 Å². The molecule has 1 amide bonds. The maximum absolute atomic E-state index is 13.0. The fourth-order valence-corrected chi connectivity index (χ4v) is 2.07. The van der Waals surface area contributed by atoms with E-state index in [2.05, 4.69) is 10.3 Å². The molecule has 9 nitrogen and oxygen atoms in total. The van der Waals surface area contributed by atoms with Crippen molar-refractivity contribution in [2.75, 3.05) is 5.32 Å². The smallest absolute Gasteiger partial charge is 0.370 e. The lowest BCUT2D eigenvalue weighted by Crippen LogP contribution is -2.22. The van der Waals surface area contributed by atoms with E-state index in [1.54, 1.807) is 19.1 Å². The van der Waals surface area contributed by atoms with Gasteiger partial charge in [-0.3, -0.25) is 4.79 Å². The third-order valence-electron chi connectivity index (χ3n) is 3.19. The Hall–Kier alpha value is -3.83. The molecule has 0 saturated heterocycles. The molecule has 0 aliphatic heterocycles. The molecular formula is C16H16F3N5O4. The molecule has 0 atom stereocenters. The molecule has 0 heterocycles. The van der Waals surface area contributed by atoms with Crippen molar-refractivity contribution >= 4 is 23.2 Å². The standard InChI is InChI=1S/C16H15F3N4O.HNO3/c1-9-6-7-10(8-13(9)23-15(20)21)22-14(24)11-4-2-3-5-12(11)16(17,18)19;2-1(3)4/h2-8H,1H3,(H,22,24)(H4,20,21,23);(H,2,3,4). The van der Waals surface area contributed by atoms with Crippen LogP contribution in [0.4, 0.5) is 24.5 Å². The van der Waals surface area contributed by atoms with Crippen molar-refractivity contribution in [1.29, 1.82) is 0 Å². The zero-order valence-corrected chi connectivity index (χ0v) is 14.4. The van der Waals surface area contributed by atoms with Crippen LogP contribution in [0.2, 0.25) is 0 Å². The van der Waals surface area contributed by atoms with Gasteiger partial charge in [-0.15, -0.1) is 10.1 Å². The molecule has 0 spiro atoms. The van der Waals surface area contributed by atoms with Gasteiger partial charge < -0.3 is 22.0 Å². The molecule has 6 N–H and O–H groups in total. The zero-order chi connectivity index (χ0) is 21.5.